The third-order valence-electron chi connectivity index (χ3n) is 2.81. The first-order chi connectivity index (χ1) is 10.9. The predicted molar refractivity (Wildman–Crippen MR) is 90.9 cm³/mol. The van der Waals surface area contributed by atoms with Crippen molar-refractivity contribution in [2.45, 2.75) is 52.9 Å². The molecule has 5 nitrogen and oxygen atoms in total. The van der Waals surface area contributed by atoms with Gasteiger partial charge in [-0.05, 0) is 40.2 Å². The highest BCUT2D eigenvalue weighted by atomic mass is 16.7. The highest BCUT2D eigenvalue weighted by molar-refractivity contribution is 5.80. The van der Waals surface area contributed by atoms with Crippen LogP contribution in [0.2, 0.25) is 0 Å². The molecule has 1 aromatic carbocycles. The van der Waals surface area contributed by atoms with Crippen molar-refractivity contribution in [3.63, 3.8) is 0 Å². The Hall–Kier alpha value is -1.72. The van der Waals surface area contributed by atoms with Gasteiger partial charge >= 0.3 is 6.09 Å². The van der Waals surface area contributed by atoms with Crippen molar-refractivity contribution in [2.24, 2.45) is 4.99 Å². The molecule has 1 rings (SSSR count). The van der Waals surface area contributed by atoms with Crippen molar-refractivity contribution in [2.75, 3.05) is 13.2 Å². The molecule has 0 saturated carbocycles. The monoisotopic (exact) mass is 321 g/mol. The number of benzene rings is 1. The van der Waals surface area contributed by atoms with Crippen LogP contribution in [0.25, 0.3) is 0 Å². The third kappa shape index (κ3) is 7.90. The Balaban J connectivity index is 2.58. The number of carbonyl (C=O) groups excluding carboxylic acids is 1. The minimum Gasteiger partial charge on any atom is -0.442 e. The predicted octanol–water partition coefficient (Wildman–Crippen LogP) is 4.31. The maximum Gasteiger partial charge on any atom is 0.433 e. The fourth-order valence-electron chi connectivity index (χ4n) is 1.87. The van der Waals surface area contributed by atoms with Crippen LogP contribution in [0.3, 0.4) is 0 Å². The summed E-state index contributed by atoms with van der Waals surface area (Å²) in [6.45, 7) is 10.5. The van der Waals surface area contributed by atoms with Crippen molar-refractivity contribution in [1.82, 2.24) is 0 Å². The van der Waals surface area contributed by atoms with Crippen LogP contribution in [0.15, 0.2) is 29.3 Å². The summed E-state index contributed by atoms with van der Waals surface area (Å²) in [5.74, 6) is 0. The molecule has 0 aromatic heterocycles. The van der Waals surface area contributed by atoms with Crippen LogP contribution in [-0.4, -0.2) is 31.1 Å². The number of hydrogen-bond acceptors (Lipinski definition) is 4. The normalized spacial score (nSPS) is 12.1. The molecular weight excluding hydrogens is 294 g/mol. The van der Waals surface area contributed by atoms with Crippen molar-refractivity contribution < 1.29 is 19.0 Å². The van der Waals surface area contributed by atoms with Crippen molar-refractivity contribution in [3.05, 3.63) is 35.4 Å². The van der Waals surface area contributed by atoms with E-state index in [1.54, 1.807) is 6.21 Å². The fraction of sp³-hybridized carbons (Fsp3) is 0.556. The van der Waals surface area contributed by atoms with Gasteiger partial charge < -0.3 is 14.2 Å². The van der Waals surface area contributed by atoms with E-state index >= 15 is 0 Å². The summed E-state index contributed by atoms with van der Waals surface area (Å²) in [5, 5.41) is 0. The first-order valence-electron chi connectivity index (χ1n) is 7.93. The fourth-order valence-corrected chi connectivity index (χ4v) is 1.87. The van der Waals surface area contributed by atoms with Crippen LogP contribution < -0.4 is 0 Å². The van der Waals surface area contributed by atoms with Crippen LogP contribution >= 0.6 is 0 Å². The largest absolute Gasteiger partial charge is 0.442 e. The Labute approximate surface area is 138 Å². The van der Waals surface area contributed by atoms with Gasteiger partial charge in [-0.15, -0.1) is 0 Å². The second kappa shape index (κ2) is 9.43. The molecule has 0 atom stereocenters. The molecule has 0 aliphatic carbocycles. The van der Waals surface area contributed by atoms with Crippen molar-refractivity contribution >= 4 is 12.3 Å². The van der Waals surface area contributed by atoms with Crippen LogP contribution in [0, 0.1) is 0 Å². The Morgan fingerprint density at radius 2 is 1.70 bits per heavy atom. The number of nitrogens with zero attached hydrogens (tertiary/aromatic N) is 1. The molecule has 0 aliphatic rings. The molecule has 0 spiro atoms. The lowest BCUT2D eigenvalue weighted by molar-refractivity contribution is -0.140. The lowest BCUT2D eigenvalue weighted by atomic mass is 10.1. The van der Waals surface area contributed by atoms with Gasteiger partial charge in [0.15, 0.2) is 6.29 Å². The first-order valence-corrected chi connectivity index (χ1v) is 7.93. The lowest BCUT2D eigenvalue weighted by Gasteiger charge is -2.17. The summed E-state index contributed by atoms with van der Waals surface area (Å²) >= 11 is 0. The van der Waals surface area contributed by atoms with Crippen LogP contribution in [0.1, 0.15) is 52.0 Å². The summed E-state index contributed by atoms with van der Waals surface area (Å²) in [5.41, 5.74) is 1.50. The van der Waals surface area contributed by atoms with Gasteiger partial charge in [-0.1, -0.05) is 24.3 Å². The minimum atomic E-state index is -0.568. The standard InChI is InChI=1S/C18H27NO4/c1-6-21-16(22-7-2)15-10-8-14(9-11-15)12-13-19-17(20)23-18(3,4)5/h8-11,13,16H,6-7,12H2,1-5H3. The molecule has 1 aromatic rings. The van der Waals surface area contributed by atoms with E-state index in [4.69, 9.17) is 14.2 Å². The van der Waals surface area contributed by atoms with Crippen molar-refractivity contribution in [3.8, 4) is 0 Å². The SMILES string of the molecule is CCOC(OCC)c1ccc(CC=NC(=O)OC(C)(C)C)cc1. The number of amides is 1. The number of ether oxygens (including phenoxy) is 3. The quantitative estimate of drug-likeness (QED) is 0.555. The maximum atomic E-state index is 11.5. The van der Waals surface area contributed by atoms with Crippen LogP contribution in [0.5, 0.6) is 0 Å². The van der Waals surface area contributed by atoms with E-state index in [9.17, 15) is 4.79 Å². The molecule has 23 heavy (non-hydrogen) atoms. The van der Waals surface area contributed by atoms with E-state index in [2.05, 4.69) is 4.99 Å². The summed E-state index contributed by atoms with van der Waals surface area (Å²) < 4.78 is 16.2. The number of hydrogen-bond donors (Lipinski definition) is 0. The zero-order valence-electron chi connectivity index (χ0n) is 14.7. The second-order valence-electron chi connectivity index (χ2n) is 5.98. The Kier molecular flexibility index (Phi) is 7.92. The van der Waals surface area contributed by atoms with Gasteiger partial charge in [-0.3, -0.25) is 0 Å². The molecule has 0 heterocycles. The van der Waals surface area contributed by atoms with Gasteiger partial charge in [0, 0.05) is 31.4 Å². The summed E-state index contributed by atoms with van der Waals surface area (Å²) in [7, 11) is 0. The number of aliphatic imine (C=N–C) groups is 1. The molecule has 0 N–H and O–H groups in total. The topological polar surface area (TPSA) is 57.1 Å². The second-order valence-corrected chi connectivity index (χ2v) is 5.98. The Morgan fingerprint density at radius 1 is 1.13 bits per heavy atom. The van der Waals surface area contributed by atoms with Gasteiger partial charge in [0.2, 0.25) is 0 Å². The van der Waals surface area contributed by atoms with Crippen molar-refractivity contribution in [1.29, 1.82) is 0 Å². The highest BCUT2D eigenvalue weighted by Gasteiger charge is 2.14. The van der Waals surface area contributed by atoms with Gasteiger partial charge in [0.05, 0.1) is 0 Å². The molecule has 0 bridgehead atoms. The third-order valence-corrected chi connectivity index (χ3v) is 2.81. The van der Waals surface area contributed by atoms with E-state index in [0.717, 1.165) is 11.1 Å². The maximum absolute atomic E-state index is 11.5. The Morgan fingerprint density at radius 3 is 2.17 bits per heavy atom. The van der Waals surface area contributed by atoms with Gasteiger partial charge in [-0.2, -0.15) is 4.99 Å². The molecule has 0 aliphatic heterocycles. The smallest absolute Gasteiger partial charge is 0.433 e. The average Bonchev–Trinajstić information content (AvgIpc) is 2.46. The van der Waals surface area contributed by atoms with E-state index in [1.165, 1.54) is 0 Å². The molecule has 1 amide bonds. The molecule has 0 fully saturated rings. The van der Waals surface area contributed by atoms with Gasteiger partial charge in [-0.25, -0.2) is 4.79 Å². The molecule has 128 valence electrons. The van der Waals surface area contributed by atoms with Gasteiger partial charge in [0.1, 0.15) is 5.60 Å². The summed E-state index contributed by atoms with van der Waals surface area (Å²) in [6.07, 6.45) is 1.22. The Bertz CT molecular complexity index is 497. The summed E-state index contributed by atoms with van der Waals surface area (Å²) in [4.78, 5) is 15.3. The summed E-state index contributed by atoms with van der Waals surface area (Å²) in [6, 6.07) is 7.88. The molecule has 0 saturated heterocycles. The molecular formula is C18H27NO4. The zero-order valence-corrected chi connectivity index (χ0v) is 14.7. The van der Waals surface area contributed by atoms with E-state index < -0.39 is 11.7 Å². The van der Waals surface area contributed by atoms with E-state index in [0.29, 0.717) is 19.6 Å². The molecule has 5 heteroatoms. The molecule has 0 unspecified atom stereocenters. The first kappa shape index (κ1) is 19.3. The average molecular weight is 321 g/mol. The van der Waals surface area contributed by atoms with Crippen LogP contribution in [0.4, 0.5) is 4.79 Å². The van der Waals surface area contributed by atoms with E-state index in [1.807, 2.05) is 58.9 Å². The minimum absolute atomic E-state index is 0.338. The van der Waals surface area contributed by atoms with E-state index in [-0.39, 0.29) is 6.29 Å². The molecule has 0 radical (unpaired) electrons. The number of rotatable bonds is 7. The number of carbonyl (C=O) groups is 1. The lowest BCUT2D eigenvalue weighted by Crippen LogP contribution is -2.21. The van der Waals surface area contributed by atoms with Crippen LogP contribution in [-0.2, 0) is 20.6 Å². The van der Waals surface area contributed by atoms with Gasteiger partial charge in [0.25, 0.3) is 0 Å². The highest BCUT2D eigenvalue weighted by Crippen LogP contribution is 2.19. The zero-order chi connectivity index (χ0) is 17.3.